The van der Waals surface area contributed by atoms with Crippen molar-refractivity contribution < 1.29 is 4.79 Å². The van der Waals surface area contributed by atoms with Gasteiger partial charge in [0.05, 0.1) is 11.6 Å². The molecule has 0 aliphatic heterocycles. The highest BCUT2D eigenvalue weighted by molar-refractivity contribution is 5.78. The van der Waals surface area contributed by atoms with E-state index in [1.165, 1.54) is 16.7 Å². The smallest absolute Gasteiger partial charge is 0.217 e. The first kappa shape index (κ1) is 26.6. The molecule has 0 aliphatic carbocycles. The van der Waals surface area contributed by atoms with E-state index in [2.05, 4.69) is 114 Å². The SMILES string of the molecule is CC(=O)NC(c1cc(C(C)(C)C)cc(C(C)(C)C)c1)C(Cc1ccccc1)c1ccc2ccccc2n1. The minimum Gasteiger partial charge on any atom is -0.349 e. The van der Waals surface area contributed by atoms with Gasteiger partial charge in [0.2, 0.25) is 5.91 Å². The van der Waals surface area contributed by atoms with E-state index >= 15 is 0 Å². The number of nitrogens with zero attached hydrogens (tertiary/aromatic N) is 1. The lowest BCUT2D eigenvalue weighted by Gasteiger charge is -2.32. The second-order valence-corrected chi connectivity index (χ2v) is 12.2. The van der Waals surface area contributed by atoms with Crippen LogP contribution in [-0.2, 0) is 22.0 Å². The molecule has 0 saturated carbocycles. The number of amides is 1. The fourth-order valence-electron chi connectivity index (χ4n) is 4.88. The van der Waals surface area contributed by atoms with Gasteiger partial charge in [-0.1, -0.05) is 114 Å². The van der Waals surface area contributed by atoms with Crippen molar-refractivity contribution in [1.29, 1.82) is 0 Å². The number of carbonyl (C=O) groups is 1. The number of pyridine rings is 1. The summed E-state index contributed by atoms with van der Waals surface area (Å²) in [5.41, 5.74) is 6.81. The van der Waals surface area contributed by atoms with Crippen LogP contribution in [0.4, 0.5) is 0 Å². The highest BCUT2D eigenvalue weighted by Crippen LogP contribution is 2.38. The average molecular weight is 493 g/mol. The lowest BCUT2D eigenvalue weighted by atomic mass is 9.76. The number of hydrogen-bond acceptors (Lipinski definition) is 2. The molecule has 0 bridgehead atoms. The van der Waals surface area contributed by atoms with Crippen LogP contribution in [0, 0.1) is 0 Å². The molecule has 1 heterocycles. The van der Waals surface area contributed by atoms with Gasteiger partial charge in [0, 0.05) is 23.9 Å². The maximum atomic E-state index is 12.7. The number of para-hydroxylation sites is 1. The highest BCUT2D eigenvalue weighted by Gasteiger charge is 2.30. The Balaban J connectivity index is 1.93. The third kappa shape index (κ3) is 6.46. The number of fused-ring (bicyclic) bond motifs is 1. The van der Waals surface area contributed by atoms with Crippen molar-refractivity contribution in [3.63, 3.8) is 0 Å². The largest absolute Gasteiger partial charge is 0.349 e. The van der Waals surface area contributed by atoms with Crippen LogP contribution in [0.15, 0.2) is 84.9 Å². The summed E-state index contributed by atoms with van der Waals surface area (Å²) >= 11 is 0. The summed E-state index contributed by atoms with van der Waals surface area (Å²) in [7, 11) is 0. The zero-order valence-electron chi connectivity index (χ0n) is 23.3. The summed E-state index contributed by atoms with van der Waals surface area (Å²) in [6.07, 6.45) is 0.766. The predicted octanol–water partition coefficient (Wildman–Crippen LogP) is 8.03. The topological polar surface area (TPSA) is 42.0 Å². The number of hydrogen-bond donors (Lipinski definition) is 1. The van der Waals surface area contributed by atoms with Gasteiger partial charge in [0.25, 0.3) is 0 Å². The van der Waals surface area contributed by atoms with Crippen molar-refractivity contribution in [2.75, 3.05) is 0 Å². The number of rotatable bonds is 6. The Kier molecular flexibility index (Phi) is 7.54. The summed E-state index contributed by atoms with van der Waals surface area (Å²) in [4.78, 5) is 17.8. The molecule has 0 spiro atoms. The van der Waals surface area contributed by atoms with Gasteiger partial charge in [-0.3, -0.25) is 9.78 Å². The van der Waals surface area contributed by atoms with Crippen molar-refractivity contribution in [1.82, 2.24) is 10.3 Å². The summed E-state index contributed by atoms with van der Waals surface area (Å²) in [6, 6.07) is 29.7. The van der Waals surface area contributed by atoms with E-state index in [0.29, 0.717) is 0 Å². The zero-order valence-corrected chi connectivity index (χ0v) is 23.3. The monoisotopic (exact) mass is 492 g/mol. The molecule has 0 aliphatic rings. The molecule has 0 radical (unpaired) electrons. The van der Waals surface area contributed by atoms with E-state index in [9.17, 15) is 4.79 Å². The molecule has 1 aromatic heterocycles. The number of nitrogens with one attached hydrogen (secondary N) is 1. The van der Waals surface area contributed by atoms with E-state index in [1.54, 1.807) is 6.92 Å². The van der Waals surface area contributed by atoms with Gasteiger partial charge in [-0.15, -0.1) is 0 Å². The second-order valence-electron chi connectivity index (χ2n) is 12.2. The van der Waals surface area contributed by atoms with E-state index < -0.39 is 0 Å². The van der Waals surface area contributed by atoms with Crippen LogP contribution < -0.4 is 5.32 Å². The van der Waals surface area contributed by atoms with Gasteiger partial charge in [0.15, 0.2) is 0 Å². The van der Waals surface area contributed by atoms with Gasteiger partial charge < -0.3 is 5.32 Å². The van der Waals surface area contributed by atoms with Crippen LogP contribution in [0.3, 0.4) is 0 Å². The number of carbonyl (C=O) groups excluding carboxylic acids is 1. The molecule has 2 unspecified atom stereocenters. The predicted molar refractivity (Wildman–Crippen MR) is 155 cm³/mol. The quantitative estimate of drug-likeness (QED) is 0.296. The van der Waals surface area contributed by atoms with Crippen LogP contribution in [0.5, 0.6) is 0 Å². The average Bonchev–Trinajstić information content (AvgIpc) is 2.85. The lowest BCUT2D eigenvalue weighted by molar-refractivity contribution is -0.119. The highest BCUT2D eigenvalue weighted by atomic mass is 16.1. The Bertz CT molecular complexity index is 1340. The first-order valence-electron chi connectivity index (χ1n) is 13.2. The summed E-state index contributed by atoms with van der Waals surface area (Å²) in [5, 5.41) is 4.46. The Morgan fingerprint density at radius 3 is 1.97 bits per heavy atom. The van der Waals surface area contributed by atoms with Crippen LogP contribution in [0.25, 0.3) is 10.9 Å². The Morgan fingerprint density at radius 2 is 1.38 bits per heavy atom. The molecule has 3 nitrogen and oxygen atoms in total. The van der Waals surface area contributed by atoms with Gasteiger partial charge in [-0.2, -0.15) is 0 Å². The molecule has 4 rings (SSSR count). The Labute approximate surface area is 222 Å². The first-order valence-corrected chi connectivity index (χ1v) is 13.2. The minimum absolute atomic E-state index is 0.0209. The maximum Gasteiger partial charge on any atom is 0.217 e. The summed E-state index contributed by atoms with van der Waals surface area (Å²) in [5.74, 6) is -0.0822. The molecule has 1 N–H and O–H groups in total. The van der Waals surface area contributed by atoms with Gasteiger partial charge in [-0.25, -0.2) is 0 Å². The van der Waals surface area contributed by atoms with Crippen molar-refractivity contribution >= 4 is 16.8 Å². The maximum absolute atomic E-state index is 12.7. The van der Waals surface area contributed by atoms with E-state index in [0.717, 1.165) is 28.6 Å². The molecule has 2 atom stereocenters. The van der Waals surface area contributed by atoms with Crippen LogP contribution in [0.1, 0.15) is 88.4 Å². The van der Waals surface area contributed by atoms with Crippen molar-refractivity contribution in [2.45, 2.75) is 77.7 Å². The van der Waals surface area contributed by atoms with E-state index in [4.69, 9.17) is 4.98 Å². The molecule has 192 valence electrons. The van der Waals surface area contributed by atoms with Gasteiger partial charge >= 0.3 is 0 Å². The standard InChI is InChI=1S/C34H40N2O/c1-23(37)35-32(26-20-27(33(2,3)4)22-28(21-26)34(5,6)7)29(19-24-13-9-8-10-14-24)31-18-17-25-15-11-12-16-30(25)36-31/h8-18,20-22,29,32H,19H2,1-7H3,(H,35,37). The summed E-state index contributed by atoms with van der Waals surface area (Å²) in [6.45, 7) is 15.1. The molecule has 1 amide bonds. The molecular formula is C34H40N2O. The molecule has 4 aromatic rings. The molecule has 37 heavy (non-hydrogen) atoms. The lowest BCUT2D eigenvalue weighted by Crippen LogP contribution is -2.33. The molecule has 3 aromatic carbocycles. The molecule has 0 fully saturated rings. The third-order valence-electron chi connectivity index (χ3n) is 7.11. The normalized spacial score (nSPS) is 13.8. The zero-order chi connectivity index (χ0) is 26.8. The van der Waals surface area contributed by atoms with Crippen molar-refractivity contribution in [3.8, 4) is 0 Å². The molecule has 0 saturated heterocycles. The number of benzene rings is 3. The van der Waals surface area contributed by atoms with Gasteiger partial charge in [0.1, 0.15) is 0 Å². The fourth-order valence-corrected chi connectivity index (χ4v) is 4.88. The Morgan fingerprint density at radius 1 is 0.784 bits per heavy atom. The fraction of sp³-hybridized carbons (Fsp3) is 0.353. The van der Waals surface area contributed by atoms with Crippen LogP contribution in [-0.4, -0.2) is 10.9 Å². The first-order chi connectivity index (χ1) is 17.4. The van der Waals surface area contributed by atoms with Crippen molar-refractivity contribution in [3.05, 3.63) is 113 Å². The van der Waals surface area contributed by atoms with Crippen LogP contribution >= 0.6 is 0 Å². The molecule has 3 heteroatoms. The van der Waals surface area contributed by atoms with Crippen LogP contribution in [0.2, 0.25) is 0 Å². The Hall–Kier alpha value is -3.46. The summed E-state index contributed by atoms with van der Waals surface area (Å²) < 4.78 is 0. The second kappa shape index (κ2) is 10.5. The molecular weight excluding hydrogens is 452 g/mol. The third-order valence-corrected chi connectivity index (χ3v) is 7.11. The van der Waals surface area contributed by atoms with E-state index in [-0.39, 0.29) is 28.7 Å². The minimum atomic E-state index is -0.227. The number of aromatic nitrogens is 1. The van der Waals surface area contributed by atoms with Crippen molar-refractivity contribution in [2.24, 2.45) is 0 Å². The van der Waals surface area contributed by atoms with Gasteiger partial charge in [-0.05, 0) is 51.6 Å². The van der Waals surface area contributed by atoms with E-state index in [1.807, 2.05) is 18.2 Å².